The van der Waals surface area contributed by atoms with Crippen molar-refractivity contribution in [2.45, 2.75) is 31.7 Å². The Bertz CT molecular complexity index is 479. The third-order valence-electron chi connectivity index (χ3n) is 4.85. The van der Waals surface area contributed by atoms with Gasteiger partial charge < -0.3 is 5.32 Å². The molecule has 102 valence electrons. The summed E-state index contributed by atoms with van der Waals surface area (Å²) in [7, 11) is 1.98. The summed E-state index contributed by atoms with van der Waals surface area (Å²) in [6, 6.07) is 7.49. The number of likely N-dealkylation sites (N-methyl/N-ethyl adjacent to an activating group) is 1. The highest BCUT2D eigenvalue weighted by molar-refractivity contribution is 5.40. The fraction of sp³-hybridized carbons (Fsp3) is 0.600. The van der Waals surface area contributed by atoms with E-state index in [1.165, 1.54) is 19.3 Å². The molecule has 4 nitrogen and oxygen atoms in total. The molecule has 2 aliphatic rings. The largest absolute Gasteiger partial charge is 0.316 e. The van der Waals surface area contributed by atoms with Gasteiger partial charge in [0.2, 0.25) is 0 Å². The van der Waals surface area contributed by atoms with Gasteiger partial charge in [0, 0.05) is 17.7 Å². The molecule has 0 aliphatic heterocycles. The molecule has 0 spiro atoms. The lowest BCUT2D eigenvalue weighted by Crippen LogP contribution is -2.35. The average Bonchev–Trinajstić information content (AvgIpc) is 3.03. The first-order valence-corrected chi connectivity index (χ1v) is 7.08. The van der Waals surface area contributed by atoms with Crippen molar-refractivity contribution in [3.63, 3.8) is 0 Å². The quantitative estimate of drug-likeness (QED) is 0.654. The molecule has 1 N–H and O–H groups in total. The van der Waals surface area contributed by atoms with Crippen LogP contribution in [-0.4, -0.2) is 18.0 Å². The number of fused-ring (bicyclic) bond motifs is 1. The first-order chi connectivity index (χ1) is 9.19. The first-order valence-electron chi connectivity index (χ1n) is 7.08. The zero-order chi connectivity index (χ0) is 13.4. The summed E-state index contributed by atoms with van der Waals surface area (Å²) in [4.78, 5) is 10.8. The topological polar surface area (TPSA) is 55.2 Å². The summed E-state index contributed by atoms with van der Waals surface area (Å²) in [6.45, 7) is 0. The minimum Gasteiger partial charge on any atom is -0.316 e. The van der Waals surface area contributed by atoms with Gasteiger partial charge in [-0.15, -0.1) is 0 Å². The van der Waals surface area contributed by atoms with Crippen molar-refractivity contribution >= 4 is 5.69 Å². The van der Waals surface area contributed by atoms with Gasteiger partial charge in [0.05, 0.1) is 4.92 Å². The highest BCUT2D eigenvalue weighted by atomic mass is 16.6. The Morgan fingerprint density at radius 3 is 2.63 bits per heavy atom. The zero-order valence-corrected chi connectivity index (χ0v) is 11.2. The van der Waals surface area contributed by atoms with Crippen molar-refractivity contribution in [2.75, 3.05) is 7.05 Å². The molecule has 2 aliphatic carbocycles. The van der Waals surface area contributed by atoms with Crippen LogP contribution in [0, 0.1) is 27.9 Å². The van der Waals surface area contributed by atoms with Crippen LogP contribution in [0.2, 0.25) is 0 Å². The minimum absolute atomic E-state index is 0.255. The van der Waals surface area contributed by atoms with Crippen molar-refractivity contribution < 1.29 is 4.92 Å². The van der Waals surface area contributed by atoms with Gasteiger partial charge >= 0.3 is 0 Å². The van der Waals surface area contributed by atoms with Gasteiger partial charge in [-0.05, 0) is 50.5 Å². The molecule has 19 heavy (non-hydrogen) atoms. The van der Waals surface area contributed by atoms with Gasteiger partial charge in [-0.2, -0.15) is 0 Å². The molecule has 4 heteroatoms. The van der Waals surface area contributed by atoms with Crippen LogP contribution < -0.4 is 5.32 Å². The molecule has 0 heterocycles. The normalized spacial score (nSPS) is 29.8. The number of benzene rings is 1. The first kappa shape index (κ1) is 12.6. The molecule has 2 saturated carbocycles. The number of nitrogens with zero attached hydrogens (tertiary/aromatic N) is 1. The fourth-order valence-electron chi connectivity index (χ4n) is 3.69. The predicted octanol–water partition coefficient (Wildman–Crippen LogP) is 2.77. The Morgan fingerprint density at radius 2 is 2.00 bits per heavy atom. The third-order valence-corrected chi connectivity index (χ3v) is 4.85. The van der Waals surface area contributed by atoms with Gasteiger partial charge in [-0.1, -0.05) is 18.2 Å². The van der Waals surface area contributed by atoms with Crippen molar-refractivity contribution in [3.05, 3.63) is 39.9 Å². The molecule has 2 fully saturated rings. The van der Waals surface area contributed by atoms with E-state index in [1.807, 2.05) is 19.2 Å². The van der Waals surface area contributed by atoms with E-state index in [-0.39, 0.29) is 10.6 Å². The molecule has 1 aromatic rings. The molecule has 0 radical (unpaired) electrons. The zero-order valence-electron chi connectivity index (χ0n) is 11.2. The molecule has 3 unspecified atom stereocenters. The average molecular weight is 260 g/mol. The van der Waals surface area contributed by atoms with Gasteiger partial charge in [0.15, 0.2) is 0 Å². The van der Waals surface area contributed by atoms with E-state index in [9.17, 15) is 10.1 Å². The molecule has 0 aromatic heterocycles. The van der Waals surface area contributed by atoms with Crippen LogP contribution in [0.4, 0.5) is 5.69 Å². The fourth-order valence-corrected chi connectivity index (χ4v) is 3.69. The van der Waals surface area contributed by atoms with Crippen molar-refractivity contribution in [3.8, 4) is 0 Å². The molecule has 1 aromatic carbocycles. The van der Waals surface area contributed by atoms with Crippen molar-refractivity contribution in [2.24, 2.45) is 17.8 Å². The number of hydrogen-bond acceptors (Lipinski definition) is 3. The summed E-state index contributed by atoms with van der Waals surface area (Å²) in [6.07, 6.45) is 4.78. The van der Waals surface area contributed by atoms with Gasteiger partial charge in [0.25, 0.3) is 5.69 Å². The molecule has 0 saturated heterocycles. The van der Waals surface area contributed by atoms with Crippen LogP contribution >= 0.6 is 0 Å². The maximum atomic E-state index is 11.1. The molecular formula is C15H20N2O2. The standard InChI is InChI=1S/C15H20N2O2/c1-16-14(13-7-11-6-12(11)8-13)9-10-4-2-3-5-15(10)17(18)19/h2-5,11-14,16H,6-9H2,1H3. The molecule has 3 rings (SSSR count). The van der Waals surface area contributed by atoms with Crippen LogP contribution in [0.3, 0.4) is 0 Å². The molecule has 0 amide bonds. The summed E-state index contributed by atoms with van der Waals surface area (Å²) in [5.74, 6) is 2.59. The highest BCUT2D eigenvalue weighted by Gasteiger charge is 2.47. The van der Waals surface area contributed by atoms with E-state index < -0.39 is 0 Å². The maximum Gasteiger partial charge on any atom is 0.272 e. The lowest BCUT2D eigenvalue weighted by molar-refractivity contribution is -0.385. The summed E-state index contributed by atoms with van der Waals surface area (Å²) >= 11 is 0. The Labute approximate surface area is 113 Å². The molecular weight excluding hydrogens is 240 g/mol. The maximum absolute atomic E-state index is 11.1. The lowest BCUT2D eigenvalue weighted by Gasteiger charge is -2.24. The number of rotatable bonds is 5. The Morgan fingerprint density at radius 1 is 1.32 bits per heavy atom. The van der Waals surface area contributed by atoms with Crippen LogP contribution in [0.15, 0.2) is 24.3 Å². The van der Waals surface area contributed by atoms with E-state index >= 15 is 0 Å². The van der Waals surface area contributed by atoms with Gasteiger partial charge in [-0.3, -0.25) is 10.1 Å². The number of hydrogen-bond donors (Lipinski definition) is 1. The Hall–Kier alpha value is -1.42. The third kappa shape index (κ3) is 2.50. The molecule has 0 bridgehead atoms. The predicted molar refractivity (Wildman–Crippen MR) is 74.0 cm³/mol. The van der Waals surface area contributed by atoms with Gasteiger partial charge in [0.1, 0.15) is 0 Å². The summed E-state index contributed by atoms with van der Waals surface area (Å²) in [5, 5.41) is 14.4. The van der Waals surface area contributed by atoms with Crippen molar-refractivity contribution in [1.82, 2.24) is 5.32 Å². The van der Waals surface area contributed by atoms with Gasteiger partial charge in [-0.25, -0.2) is 0 Å². The number of para-hydroxylation sites is 1. The Balaban J connectivity index is 1.73. The monoisotopic (exact) mass is 260 g/mol. The van der Waals surface area contributed by atoms with Crippen LogP contribution in [0.5, 0.6) is 0 Å². The second-order valence-electron chi connectivity index (χ2n) is 5.97. The van der Waals surface area contributed by atoms with E-state index in [4.69, 9.17) is 0 Å². The van der Waals surface area contributed by atoms with E-state index in [1.54, 1.807) is 12.1 Å². The highest BCUT2D eigenvalue weighted by Crippen LogP contribution is 2.55. The Kier molecular flexibility index (Phi) is 3.27. The molecule has 3 atom stereocenters. The second kappa shape index (κ2) is 4.93. The minimum atomic E-state index is -0.270. The van der Waals surface area contributed by atoms with Crippen molar-refractivity contribution in [1.29, 1.82) is 0 Å². The van der Waals surface area contributed by atoms with E-state index in [0.29, 0.717) is 12.0 Å². The summed E-state index contributed by atoms with van der Waals surface area (Å²) < 4.78 is 0. The SMILES string of the molecule is CNC(Cc1ccccc1[N+](=O)[O-])C1CC2CC2C1. The van der Waals surface area contributed by atoms with Crippen LogP contribution in [0.25, 0.3) is 0 Å². The van der Waals surface area contributed by atoms with Crippen LogP contribution in [0.1, 0.15) is 24.8 Å². The lowest BCUT2D eigenvalue weighted by atomic mass is 9.89. The number of nitro benzene ring substituents is 1. The van der Waals surface area contributed by atoms with Crippen LogP contribution in [-0.2, 0) is 6.42 Å². The smallest absolute Gasteiger partial charge is 0.272 e. The number of nitro groups is 1. The summed E-state index contributed by atoms with van der Waals surface area (Å²) in [5.41, 5.74) is 1.11. The second-order valence-corrected chi connectivity index (χ2v) is 5.97. The van der Waals surface area contributed by atoms with E-state index in [2.05, 4.69) is 5.32 Å². The number of nitrogens with one attached hydrogen (secondary N) is 1. The van der Waals surface area contributed by atoms with E-state index in [0.717, 1.165) is 23.8 Å².